The lowest BCUT2D eigenvalue weighted by Crippen LogP contribution is -2.09. The number of rotatable bonds is 6. The van der Waals surface area contributed by atoms with Crippen LogP contribution in [0.5, 0.6) is 5.75 Å². The van der Waals surface area contributed by atoms with E-state index in [4.69, 9.17) is 4.74 Å². The van der Waals surface area contributed by atoms with Gasteiger partial charge in [-0.3, -0.25) is 10.1 Å². The summed E-state index contributed by atoms with van der Waals surface area (Å²) in [5, 5.41) is 14.9. The first-order chi connectivity index (χ1) is 11.6. The molecule has 7 nitrogen and oxygen atoms in total. The number of nitrogens with zero attached hydrogens (tertiary/aromatic N) is 4. The Morgan fingerprint density at radius 2 is 1.92 bits per heavy atom. The molecule has 3 aromatic rings. The van der Waals surface area contributed by atoms with Crippen molar-refractivity contribution in [1.29, 1.82) is 0 Å². The summed E-state index contributed by atoms with van der Waals surface area (Å²) in [6, 6.07) is 12.2. The molecule has 0 spiro atoms. The first-order valence-electron chi connectivity index (χ1n) is 7.15. The summed E-state index contributed by atoms with van der Waals surface area (Å²) < 4.78 is 20.3. The van der Waals surface area contributed by atoms with Crippen molar-refractivity contribution in [1.82, 2.24) is 14.8 Å². The number of non-ortho nitro benzene ring substituents is 1. The predicted molar refractivity (Wildman–Crippen MR) is 84.0 cm³/mol. The van der Waals surface area contributed by atoms with Crippen molar-refractivity contribution < 1.29 is 14.1 Å². The molecule has 122 valence electrons. The van der Waals surface area contributed by atoms with E-state index >= 15 is 0 Å². The van der Waals surface area contributed by atoms with Crippen molar-refractivity contribution in [3.05, 3.63) is 70.8 Å². The summed E-state index contributed by atoms with van der Waals surface area (Å²) in [6.45, 7) is 0.637. The van der Waals surface area contributed by atoms with E-state index < -0.39 is 10.7 Å². The van der Waals surface area contributed by atoms with Gasteiger partial charge in [0.15, 0.2) is 17.4 Å². The molecule has 0 aliphatic rings. The van der Waals surface area contributed by atoms with E-state index in [0.29, 0.717) is 17.9 Å². The van der Waals surface area contributed by atoms with Crippen LogP contribution in [0, 0.1) is 15.9 Å². The second-order valence-electron chi connectivity index (χ2n) is 4.91. The van der Waals surface area contributed by atoms with Crippen LogP contribution in [-0.4, -0.2) is 26.3 Å². The zero-order valence-electron chi connectivity index (χ0n) is 12.5. The molecule has 0 aliphatic heterocycles. The molecule has 0 fully saturated rings. The van der Waals surface area contributed by atoms with E-state index in [0.717, 1.165) is 0 Å². The zero-order chi connectivity index (χ0) is 16.9. The Hall–Kier alpha value is -3.29. The number of para-hydroxylation sites is 1. The third kappa shape index (κ3) is 3.54. The van der Waals surface area contributed by atoms with E-state index in [1.807, 2.05) is 0 Å². The SMILES string of the molecule is O=[N+]([O-])c1ccc(-c2ncn(CCOc3ccccc3F)n2)cc1. The van der Waals surface area contributed by atoms with Crippen molar-refractivity contribution in [2.45, 2.75) is 6.54 Å². The fraction of sp³-hybridized carbons (Fsp3) is 0.125. The van der Waals surface area contributed by atoms with Gasteiger partial charge in [-0.1, -0.05) is 12.1 Å². The van der Waals surface area contributed by atoms with Gasteiger partial charge in [0.05, 0.1) is 11.5 Å². The van der Waals surface area contributed by atoms with Gasteiger partial charge in [0, 0.05) is 17.7 Å². The Balaban J connectivity index is 1.61. The van der Waals surface area contributed by atoms with Gasteiger partial charge in [0.25, 0.3) is 5.69 Å². The van der Waals surface area contributed by atoms with Crippen LogP contribution >= 0.6 is 0 Å². The van der Waals surface area contributed by atoms with E-state index in [-0.39, 0.29) is 18.0 Å². The molecule has 1 aromatic heterocycles. The molecule has 1 heterocycles. The Morgan fingerprint density at radius 1 is 1.17 bits per heavy atom. The van der Waals surface area contributed by atoms with E-state index in [9.17, 15) is 14.5 Å². The van der Waals surface area contributed by atoms with Crippen LogP contribution in [0.4, 0.5) is 10.1 Å². The van der Waals surface area contributed by atoms with Gasteiger partial charge in [0.1, 0.15) is 12.9 Å². The summed E-state index contributed by atoms with van der Waals surface area (Å²) in [4.78, 5) is 14.3. The number of nitro groups is 1. The Bertz CT molecular complexity index is 849. The van der Waals surface area contributed by atoms with Crippen molar-refractivity contribution >= 4 is 5.69 Å². The molecule has 0 bridgehead atoms. The monoisotopic (exact) mass is 328 g/mol. The van der Waals surface area contributed by atoms with Gasteiger partial charge in [-0.2, -0.15) is 5.10 Å². The maximum Gasteiger partial charge on any atom is 0.269 e. The van der Waals surface area contributed by atoms with Crippen LogP contribution in [0.2, 0.25) is 0 Å². The number of nitro benzene ring substituents is 1. The van der Waals surface area contributed by atoms with Crippen LogP contribution in [0.15, 0.2) is 54.9 Å². The summed E-state index contributed by atoms with van der Waals surface area (Å²) in [5.41, 5.74) is 0.686. The number of aromatic nitrogens is 3. The molecule has 0 N–H and O–H groups in total. The number of hydrogen-bond acceptors (Lipinski definition) is 5. The van der Waals surface area contributed by atoms with Crippen LogP contribution in [-0.2, 0) is 6.54 Å². The van der Waals surface area contributed by atoms with Crippen molar-refractivity contribution in [3.63, 3.8) is 0 Å². The Labute approximate surface area is 136 Å². The highest BCUT2D eigenvalue weighted by atomic mass is 19.1. The highest BCUT2D eigenvalue weighted by Gasteiger charge is 2.08. The maximum absolute atomic E-state index is 13.4. The van der Waals surface area contributed by atoms with Gasteiger partial charge >= 0.3 is 0 Å². The largest absolute Gasteiger partial charge is 0.489 e. The highest BCUT2D eigenvalue weighted by molar-refractivity contribution is 5.56. The molecular weight excluding hydrogens is 315 g/mol. The average molecular weight is 328 g/mol. The van der Waals surface area contributed by atoms with Gasteiger partial charge < -0.3 is 4.74 Å². The minimum atomic E-state index is -0.462. The molecule has 0 amide bonds. The van der Waals surface area contributed by atoms with E-state index in [1.54, 1.807) is 35.0 Å². The molecule has 0 saturated heterocycles. The van der Waals surface area contributed by atoms with Crippen LogP contribution in [0.3, 0.4) is 0 Å². The normalized spacial score (nSPS) is 10.5. The van der Waals surface area contributed by atoms with Crippen LogP contribution in [0.25, 0.3) is 11.4 Å². The lowest BCUT2D eigenvalue weighted by atomic mass is 10.2. The third-order valence-corrected chi connectivity index (χ3v) is 3.29. The summed E-state index contributed by atoms with van der Waals surface area (Å²) in [5.74, 6) is 0.228. The summed E-state index contributed by atoms with van der Waals surface area (Å²) in [6.07, 6.45) is 1.53. The van der Waals surface area contributed by atoms with Gasteiger partial charge in [-0.05, 0) is 24.3 Å². The van der Waals surface area contributed by atoms with Crippen molar-refractivity contribution in [2.75, 3.05) is 6.61 Å². The van der Waals surface area contributed by atoms with Gasteiger partial charge in [-0.25, -0.2) is 14.1 Å². The Kier molecular flexibility index (Phi) is 4.46. The molecule has 3 rings (SSSR count). The number of halogens is 1. The smallest absolute Gasteiger partial charge is 0.269 e. The molecular formula is C16H13FN4O3. The maximum atomic E-state index is 13.4. The van der Waals surface area contributed by atoms with Crippen LogP contribution < -0.4 is 4.74 Å². The van der Waals surface area contributed by atoms with E-state index in [1.165, 1.54) is 24.5 Å². The summed E-state index contributed by atoms with van der Waals surface area (Å²) in [7, 11) is 0. The van der Waals surface area contributed by atoms with Gasteiger partial charge in [0.2, 0.25) is 0 Å². The Morgan fingerprint density at radius 3 is 2.62 bits per heavy atom. The third-order valence-electron chi connectivity index (χ3n) is 3.29. The topological polar surface area (TPSA) is 83.1 Å². The van der Waals surface area contributed by atoms with Crippen LogP contribution in [0.1, 0.15) is 0 Å². The zero-order valence-corrected chi connectivity index (χ0v) is 12.5. The molecule has 0 saturated carbocycles. The second-order valence-corrected chi connectivity index (χ2v) is 4.91. The highest BCUT2D eigenvalue weighted by Crippen LogP contribution is 2.19. The first kappa shape index (κ1) is 15.6. The lowest BCUT2D eigenvalue weighted by Gasteiger charge is -2.06. The predicted octanol–water partition coefficient (Wildman–Crippen LogP) is 3.07. The van der Waals surface area contributed by atoms with Crippen molar-refractivity contribution in [3.8, 4) is 17.1 Å². The minimum Gasteiger partial charge on any atom is -0.489 e. The first-order valence-corrected chi connectivity index (χ1v) is 7.15. The minimum absolute atomic E-state index is 0.0106. The molecule has 8 heteroatoms. The number of hydrogen-bond donors (Lipinski definition) is 0. The summed E-state index contributed by atoms with van der Waals surface area (Å²) >= 11 is 0. The van der Waals surface area contributed by atoms with Crippen molar-refractivity contribution in [2.24, 2.45) is 0 Å². The number of benzene rings is 2. The molecule has 0 aliphatic carbocycles. The molecule has 0 radical (unpaired) electrons. The fourth-order valence-corrected chi connectivity index (χ4v) is 2.08. The molecule has 2 aromatic carbocycles. The lowest BCUT2D eigenvalue weighted by molar-refractivity contribution is -0.384. The molecule has 0 atom stereocenters. The second kappa shape index (κ2) is 6.86. The van der Waals surface area contributed by atoms with E-state index in [2.05, 4.69) is 10.1 Å². The molecule has 0 unspecified atom stereocenters. The number of ether oxygens (including phenoxy) is 1. The molecule has 24 heavy (non-hydrogen) atoms. The average Bonchev–Trinajstić information content (AvgIpc) is 3.05. The van der Waals surface area contributed by atoms with Gasteiger partial charge in [-0.15, -0.1) is 0 Å². The fourth-order valence-electron chi connectivity index (χ4n) is 2.08. The standard InChI is InChI=1S/C16H13FN4O3/c17-14-3-1-2-4-15(14)24-10-9-20-11-18-16(19-20)12-5-7-13(8-6-12)21(22)23/h1-8,11H,9-10H2. The quantitative estimate of drug-likeness (QED) is 0.513.